The summed E-state index contributed by atoms with van der Waals surface area (Å²) in [5, 5.41) is 19.7. The van der Waals surface area contributed by atoms with E-state index in [9.17, 15) is 41.7 Å². The summed E-state index contributed by atoms with van der Waals surface area (Å²) >= 11 is 0. The van der Waals surface area contributed by atoms with Gasteiger partial charge in [0.15, 0.2) is 0 Å². The predicted molar refractivity (Wildman–Crippen MR) is 388 cm³/mol. The zero-order valence-electron chi connectivity index (χ0n) is 61.4. The van der Waals surface area contributed by atoms with Crippen LogP contribution in [0.5, 0.6) is 0 Å². The molecule has 28 heteroatoms. The number of ether oxygens (including phenoxy) is 6. The lowest BCUT2D eigenvalue weighted by Crippen LogP contribution is -2.55. The quantitative estimate of drug-likeness (QED) is 0.0414. The molecule has 0 radical (unpaired) electrons. The molecule has 4 aromatic carbocycles. The monoisotopic (exact) mass is 1400 g/mol. The van der Waals surface area contributed by atoms with Crippen LogP contribution < -0.4 is 51.5 Å². The Balaban J connectivity index is 0.000000194. The number of nitrogens with one attached hydrogen (secondary N) is 6. The van der Waals surface area contributed by atoms with Crippen LogP contribution in [0.3, 0.4) is 0 Å². The number of rotatable bonds is 0. The van der Waals surface area contributed by atoms with Gasteiger partial charge in [-0.15, -0.1) is 0 Å². The molecule has 13 rings (SSSR count). The zero-order valence-corrected chi connectivity index (χ0v) is 60.4. The number of halogens is 3. The van der Waals surface area contributed by atoms with E-state index < -0.39 is 42.3 Å². The molecule has 0 bridgehead atoms. The second-order valence-electron chi connectivity index (χ2n) is 29.3. The number of fused-ring (bicyclic) bond motifs is 12. The molecule has 24 nitrogen and oxygen atoms in total. The molecule has 6 N–H and O–H groups in total. The standard InChI is InChI=1S/C17H23N3O3.C17H25N3O2.C12H15N3O.C12H17N3.C10H18O5.C4H8O.BF3/c1-17(2,3)23-16(22)19-8-9-20-12(11-19)10-15(21)18-13-6-4-5-7-14(13)20;1-17(2,3)22-16(21)19-10-11-20-13(12-19)8-9-18-14-6-4-5-7-15(14)20;16-12-7-9-8-13-5-6-15(9)11-4-2-1-3-10(11)14-12;1-2-4-12-11(3-1)14-6-5-10-9-13-7-8-15(10)12;1-9(2,3)14-7(11)13-8(12)15-10(4,5)6;1-2-4-5-3-1;2-1(3)4/h4-7,12H,8-11H2,1-3H3,(H,18,21);4-7,13,18H,8-12H2,1-3H3;1-4,9,13H,5-8H2,(H,14,16);1-4,10,13-14H,5-9H2;1-6H3;1-4H2;/p+1. The first-order chi connectivity index (χ1) is 47.3. The molecule has 0 aliphatic carbocycles. The van der Waals surface area contributed by atoms with E-state index in [1.807, 2.05) is 88.9 Å². The predicted octanol–water partition coefficient (Wildman–Crippen LogP) is 12.1. The molecule has 100 heavy (non-hydrogen) atoms. The van der Waals surface area contributed by atoms with Gasteiger partial charge in [-0.05, 0) is 157 Å². The number of carbonyl (C=O) groups is 6. The summed E-state index contributed by atoms with van der Waals surface area (Å²) in [5.41, 5.74) is 6.72. The van der Waals surface area contributed by atoms with Crippen molar-refractivity contribution in [3.05, 3.63) is 97.1 Å². The number of amides is 4. The molecule has 4 aromatic rings. The van der Waals surface area contributed by atoms with Gasteiger partial charge in [-0.25, -0.2) is 19.2 Å². The fourth-order valence-corrected chi connectivity index (χ4v) is 12.5. The van der Waals surface area contributed by atoms with Crippen molar-refractivity contribution in [1.29, 1.82) is 0 Å². The van der Waals surface area contributed by atoms with Crippen LogP contribution in [-0.2, 0) is 38.0 Å². The van der Waals surface area contributed by atoms with Crippen LogP contribution >= 0.6 is 0 Å². The number of piperazine rings is 4. The van der Waals surface area contributed by atoms with E-state index in [4.69, 9.17) is 23.7 Å². The molecule has 0 saturated carbocycles. The van der Waals surface area contributed by atoms with E-state index in [-0.39, 0.29) is 37.5 Å². The van der Waals surface area contributed by atoms with Crippen LogP contribution in [0.1, 0.15) is 123 Å². The van der Waals surface area contributed by atoms with Crippen LogP contribution in [0.4, 0.5) is 77.6 Å². The van der Waals surface area contributed by atoms with E-state index >= 15 is 0 Å². The highest BCUT2D eigenvalue weighted by molar-refractivity contribution is 6.33. The summed E-state index contributed by atoms with van der Waals surface area (Å²) in [6, 6.07) is 34.2. The molecule has 9 heterocycles. The first kappa shape index (κ1) is 79.0. The SMILES string of the molecule is C1CCOC1.CC(C)(C)OC(=O)N1CCN2c3ccccc3NC(=O)CC2C1.CC(C)(C)OC(=O)N1CCN2c3ccccc3NCCC2C1.CC(C)(C)OC(=O)OC(=O)OC(C)(C)C.FB(F)F.O=C1CC2CNCCN2c2ccccc2N1.[H+].c1ccc2c(c1)NCCC1CNCCN21. The van der Waals surface area contributed by atoms with Crippen molar-refractivity contribution in [3.8, 4) is 0 Å². The number of nitrogens with zero attached hydrogens (tertiary/aromatic N) is 6. The first-order valence-corrected chi connectivity index (χ1v) is 34.8. The Morgan fingerprint density at radius 1 is 0.450 bits per heavy atom. The maximum atomic E-state index is 12.3. The molecule has 4 unspecified atom stereocenters. The van der Waals surface area contributed by atoms with Gasteiger partial charge in [0.2, 0.25) is 11.8 Å². The minimum atomic E-state index is -3.67. The highest BCUT2D eigenvalue weighted by Crippen LogP contribution is 2.36. The van der Waals surface area contributed by atoms with Crippen molar-refractivity contribution < 1.29 is 71.6 Å². The third-order valence-electron chi connectivity index (χ3n) is 16.6. The third-order valence-corrected chi connectivity index (χ3v) is 16.6. The topological polar surface area (TPSA) is 249 Å². The number of benzene rings is 4. The highest BCUT2D eigenvalue weighted by Gasteiger charge is 2.38. The second kappa shape index (κ2) is 36.8. The molecule has 0 aromatic heterocycles. The molecule has 4 atom stereocenters. The third kappa shape index (κ3) is 26.0. The molecule has 550 valence electrons. The van der Waals surface area contributed by atoms with E-state index in [2.05, 4.69) is 111 Å². The van der Waals surface area contributed by atoms with Crippen molar-refractivity contribution in [2.45, 2.75) is 168 Å². The van der Waals surface area contributed by atoms with Crippen LogP contribution in [0.25, 0.3) is 0 Å². The van der Waals surface area contributed by atoms with Crippen LogP contribution in [0, 0.1) is 0 Å². The van der Waals surface area contributed by atoms with E-state index in [1.165, 1.54) is 42.0 Å². The van der Waals surface area contributed by atoms with Crippen molar-refractivity contribution in [3.63, 3.8) is 0 Å². The minimum Gasteiger partial charge on any atom is -0.444 e. The highest BCUT2D eigenvalue weighted by atomic mass is 19.4. The number of anilines is 8. The lowest BCUT2D eigenvalue weighted by atomic mass is 10.1. The summed E-state index contributed by atoms with van der Waals surface area (Å²) < 4.78 is 58.7. The van der Waals surface area contributed by atoms with Crippen molar-refractivity contribution in [2.75, 3.05) is 146 Å². The van der Waals surface area contributed by atoms with Gasteiger partial charge in [0.1, 0.15) is 22.4 Å². The Bertz CT molecular complexity index is 3280. The molecule has 0 spiro atoms. The Kier molecular flexibility index (Phi) is 29.1. The molecule has 9 aliphatic heterocycles. The van der Waals surface area contributed by atoms with Gasteiger partial charge in [0.25, 0.3) is 0 Å². The number of carbonyl (C=O) groups excluding carboxylic acids is 6. The largest absolute Gasteiger partial charge is 1.00 e. The van der Waals surface area contributed by atoms with Crippen molar-refractivity contribution in [1.82, 2.24) is 20.4 Å². The Morgan fingerprint density at radius 3 is 1.20 bits per heavy atom. The summed E-state index contributed by atoms with van der Waals surface area (Å²) in [6.07, 6.45) is 3.12. The van der Waals surface area contributed by atoms with Gasteiger partial charge in [-0.3, -0.25) is 22.5 Å². The minimum absolute atomic E-state index is 0. The summed E-state index contributed by atoms with van der Waals surface area (Å²) in [5.74, 6) is 0.0969. The van der Waals surface area contributed by atoms with Crippen LogP contribution in [0.15, 0.2) is 97.1 Å². The number of hydrogen-bond donors (Lipinski definition) is 6. The van der Waals surface area contributed by atoms with E-state index in [0.29, 0.717) is 51.1 Å². The van der Waals surface area contributed by atoms with Gasteiger partial charge >= 0.3 is 33.5 Å². The van der Waals surface area contributed by atoms with Gasteiger partial charge in [-0.1, -0.05) is 48.5 Å². The number of hydrogen-bond acceptors (Lipinski definition) is 20. The second-order valence-corrected chi connectivity index (χ2v) is 29.3. The average molecular weight is 1400 g/mol. The fraction of sp³-hybridized carbons (Fsp3) is 0.583. The molecular weight excluding hydrogens is 1290 g/mol. The number of para-hydroxylation sites is 8. The van der Waals surface area contributed by atoms with Crippen molar-refractivity contribution in [2.24, 2.45) is 0 Å². The van der Waals surface area contributed by atoms with Gasteiger partial charge in [0, 0.05) is 130 Å². The van der Waals surface area contributed by atoms with E-state index in [1.54, 1.807) is 46.4 Å². The molecule has 5 saturated heterocycles. The zero-order chi connectivity index (χ0) is 72.8. The van der Waals surface area contributed by atoms with Crippen LogP contribution in [-0.4, -0.2) is 205 Å². The molecule has 5 fully saturated rings. The summed E-state index contributed by atoms with van der Waals surface area (Å²) in [6.45, 7) is 35.6. The van der Waals surface area contributed by atoms with Crippen LogP contribution in [0.2, 0.25) is 0 Å². The average Bonchev–Trinajstić information content (AvgIpc) is 1.76. The van der Waals surface area contributed by atoms with Gasteiger partial charge < -0.3 is 89.7 Å². The Labute approximate surface area is 590 Å². The summed E-state index contributed by atoms with van der Waals surface area (Å²) in [7, 11) is -3.67. The lowest BCUT2D eigenvalue weighted by molar-refractivity contribution is -0.117. The smallest absolute Gasteiger partial charge is 0.444 e. The molecule has 4 amide bonds. The Hall–Kier alpha value is -8.37. The van der Waals surface area contributed by atoms with Gasteiger partial charge in [0.05, 0.1) is 57.6 Å². The maximum Gasteiger partial charge on any atom is 1.00 e. The maximum absolute atomic E-state index is 12.3. The lowest BCUT2D eigenvalue weighted by Gasteiger charge is -2.42. The summed E-state index contributed by atoms with van der Waals surface area (Å²) in [4.78, 5) is 83.5. The van der Waals surface area contributed by atoms with Gasteiger partial charge in [-0.2, -0.15) is 0 Å². The van der Waals surface area contributed by atoms with E-state index in [0.717, 1.165) is 108 Å². The molecular formula is C72H107BF3N12O12+. The normalized spacial score (nSPS) is 20.4. The first-order valence-electron chi connectivity index (χ1n) is 34.8. The Morgan fingerprint density at radius 2 is 0.790 bits per heavy atom. The van der Waals surface area contributed by atoms with Crippen molar-refractivity contribution >= 4 is 89.4 Å². The molecule has 9 aliphatic rings. The fourth-order valence-electron chi connectivity index (χ4n) is 12.5.